The van der Waals surface area contributed by atoms with Crippen LogP contribution in [0, 0.1) is 0 Å². The van der Waals surface area contributed by atoms with Gasteiger partial charge < -0.3 is 14.2 Å². The molecule has 7 heteroatoms. The highest BCUT2D eigenvalue weighted by Gasteiger charge is 2.18. The van der Waals surface area contributed by atoms with Gasteiger partial charge in [-0.25, -0.2) is 0 Å². The molecule has 0 spiro atoms. The van der Waals surface area contributed by atoms with Crippen LogP contribution in [-0.2, 0) is 24.3 Å². The van der Waals surface area contributed by atoms with E-state index in [4.69, 9.17) is 4.74 Å². The molecule has 2 heterocycles. The van der Waals surface area contributed by atoms with Crippen LogP contribution in [0.1, 0.15) is 30.7 Å². The summed E-state index contributed by atoms with van der Waals surface area (Å²) in [5, 5.41) is 9.41. The van der Waals surface area contributed by atoms with E-state index < -0.39 is 0 Å². The van der Waals surface area contributed by atoms with Crippen LogP contribution < -0.4 is 4.74 Å². The van der Waals surface area contributed by atoms with Gasteiger partial charge in [-0.3, -0.25) is 4.79 Å². The molecule has 0 saturated heterocycles. The first-order valence-corrected chi connectivity index (χ1v) is 9.58. The third-order valence-electron chi connectivity index (χ3n) is 4.43. The molecule has 1 aliphatic rings. The molecule has 0 unspecified atom stereocenters. The van der Waals surface area contributed by atoms with Gasteiger partial charge in [0.2, 0.25) is 5.91 Å². The van der Waals surface area contributed by atoms with Gasteiger partial charge in [0.25, 0.3) is 0 Å². The van der Waals surface area contributed by atoms with Crippen molar-refractivity contribution in [3.8, 4) is 5.75 Å². The molecule has 1 aromatic carbocycles. The Hall–Kier alpha value is -2.02. The number of carbonyl (C=O) groups excluding carboxylic acids is 1. The van der Waals surface area contributed by atoms with E-state index in [0.29, 0.717) is 12.3 Å². The molecule has 2 aromatic rings. The minimum atomic E-state index is 0.0712. The first-order chi connectivity index (χ1) is 12.2. The maximum atomic E-state index is 12.5. The molecule has 0 fully saturated rings. The third-order valence-corrected chi connectivity index (χ3v) is 5.38. The molecule has 25 heavy (non-hydrogen) atoms. The molecule has 6 nitrogen and oxygen atoms in total. The minimum absolute atomic E-state index is 0.0712. The van der Waals surface area contributed by atoms with Crippen LogP contribution >= 0.6 is 11.8 Å². The van der Waals surface area contributed by atoms with Crippen molar-refractivity contribution >= 4 is 17.7 Å². The minimum Gasteiger partial charge on any atom is -0.496 e. The number of para-hydroxylation sites is 1. The molecule has 1 aliphatic heterocycles. The van der Waals surface area contributed by atoms with Crippen LogP contribution in [0.5, 0.6) is 5.75 Å². The first kappa shape index (κ1) is 17.8. The average molecular weight is 360 g/mol. The summed E-state index contributed by atoms with van der Waals surface area (Å²) in [5.41, 5.74) is 1.00. The molecular formula is C18H24N4O2S. The van der Waals surface area contributed by atoms with E-state index in [2.05, 4.69) is 14.8 Å². The molecular weight excluding hydrogens is 336 g/mol. The topological polar surface area (TPSA) is 60.2 Å². The summed E-state index contributed by atoms with van der Waals surface area (Å²) in [6.45, 7) is 1.48. The van der Waals surface area contributed by atoms with Crippen molar-refractivity contribution in [2.24, 2.45) is 0 Å². The lowest BCUT2D eigenvalue weighted by Gasteiger charge is -2.18. The van der Waals surface area contributed by atoms with Crippen LogP contribution in [0.15, 0.2) is 29.4 Å². The number of carbonyl (C=O) groups is 1. The quantitative estimate of drug-likeness (QED) is 0.742. The van der Waals surface area contributed by atoms with Crippen LogP contribution in [0.25, 0.3) is 0 Å². The fraction of sp³-hybridized carbons (Fsp3) is 0.500. The predicted octanol–water partition coefficient (Wildman–Crippen LogP) is 2.76. The zero-order valence-electron chi connectivity index (χ0n) is 14.8. The molecule has 0 saturated carbocycles. The van der Waals surface area contributed by atoms with Crippen LogP contribution in [0.2, 0.25) is 0 Å². The maximum absolute atomic E-state index is 12.5. The Labute approximate surface area is 152 Å². The molecule has 0 aliphatic carbocycles. The first-order valence-electron chi connectivity index (χ1n) is 8.60. The zero-order chi connectivity index (χ0) is 17.6. The summed E-state index contributed by atoms with van der Waals surface area (Å²) < 4.78 is 7.53. The number of amides is 1. The van der Waals surface area contributed by atoms with Gasteiger partial charge in [0.05, 0.1) is 12.9 Å². The number of fused-ring (bicyclic) bond motifs is 1. The number of methoxy groups -OCH3 is 1. The van der Waals surface area contributed by atoms with Crippen molar-refractivity contribution in [3.63, 3.8) is 0 Å². The molecule has 0 bridgehead atoms. The van der Waals surface area contributed by atoms with E-state index in [0.717, 1.165) is 41.7 Å². The third kappa shape index (κ3) is 4.34. The Morgan fingerprint density at radius 1 is 1.28 bits per heavy atom. The number of thioether (sulfide) groups is 1. The highest BCUT2D eigenvalue weighted by Crippen LogP contribution is 2.23. The number of hydrogen-bond donors (Lipinski definition) is 0. The largest absolute Gasteiger partial charge is 0.496 e. The number of aromatic nitrogens is 3. The Balaban J connectivity index is 1.58. The summed E-state index contributed by atoms with van der Waals surface area (Å²) in [5.74, 6) is 2.29. The number of hydrogen-bond acceptors (Lipinski definition) is 5. The number of aryl methyl sites for hydroxylation is 1. The van der Waals surface area contributed by atoms with E-state index in [9.17, 15) is 4.79 Å². The normalized spacial score (nSPS) is 13.8. The summed E-state index contributed by atoms with van der Waals surface area (Å²) >= 11 is 1.47. The monoisotopic (exact) mass is 360 g/mol. The lowest BCUT2D eigenvalue weighted by atomic mass is 10.2. The second-order valence-electron chi connectivity index (χ2n) is 6.21. The van der Waals surface area contributed by atoms with E-state index in [1.165, 1.54) is 24.6 Å². The van der Waals surface area contributed by atoms with Crippen LogP contribution in [0.4, 0.5) is 0 Å². The van der Waals surface area contributed by atoms with Gasteiger partial charge in [0.15, 0.2) is 5.16 Å². The molecule has 0 radical (unpaired) electrons. The lowest BCUT2D eigenvalue weighted by molar-refractivity contribution is -0.127. The number of benzene rings is 1. The second kappa shape index (κ2) is 8.38. The Bertz CT molecular complexity index is 732. The van der Waals surface area contributed by atoms with E-state index in [-0.39, 0.29) is 5.91 Å². The van der Waals surface area contributed by atoms with E-state index in [1.807, 2.05) is 31.3 Å². The number of ether oxygens (including phenoxy) is 1. The van der Waals surface area contributed by atoms with Crippen LogP contribution in [-0.4, -0.2) is 45.5 Å². The Kier molecular flexibility index (Phi) is 5.96. The van der Waals surface area contributed by atoms with Gasteiger partial charge in [0, 0.05) is 32.1 Å². The van der Waals surface area contributed by atoms with Gasteiger partial charge in [-0.15, -0.1) is 10.2 Å². The zero-order valence-corrected chi connectivity index (χ0v) is 15.6. The fourth-order valence-corrected chi connectivity index (χ4v) is 3.90. The van der Waals surface area contributed by atoms with Gasteiger partial charge in [-0.1, -0.05) is 36.4 Å². The standard InChI is InChI=1S/C18H24N4O2S/c1-21(12-14-8-5-6-9-15(14)24-2)17(23)13-25-18-20-19-16-10-4-3-7-11-22(16)18/h5-6,8-9H,3-4,7,10-13H2,1-2H3. The molecule has 0 N–H and O–H groups in total. The molecule has 0 atom stereocenters. The summed E-state index contributed by atoms with van der Waals surface area (Å²) in [6.07, 6.45) is 4.53. The fourth-order valence-electron chi connectivity index (χ4n) is 2.98. The SMILES string of the molecule is COc1ccccc1CN(C)C(=O)CSc1nnc2n1CCCCC2. The van der Waals surface area contributed by atoms with Crippen molar-refractivity contribution in [1.29, 1.82) is 0 Å². The maximum Gasteiger partial charge on any atom is 0.233 e. The highest BCUT2D eigenvalue weighted by atomic mass is 32.2. The van der Waals surface area contributed by atoms with Crippen molar-refractivity contribution in [1.82, 2.24) is 19.7 Å². The van der Waals surface area contributed by atoms with Crippen molar-refractivity contribution in [2.75, 3.05) is 19.9 Å². The van der Waals surface area contributed by atoms with Crippen molar-refractivity contribution < 1.29 is 9.53 Å². The predicted molar refractivity (Wildman–Crippen MR) is 97.8 cm³/mol. The molecule has 1 amide bonds. The van der Waals surface area contributed by atoms with E-state index >= 15 is 0 Å². The summed E-state index contributed by atoms with van der Waals surface area (Å²) in [6, 6.07) is 7.77. The van der Waals surface area contributed by atoms with Gasteiger partial charge in [-0.05, 0) is 18.9 Å². The van der Waals surface area contributed by atoms with Crippen molar-refractivity contribution in [2.45, 2.75) is 43.9 Å². The Morgan fingerprint density at radius 3 is 2.96 bits per heavy atom. The highest BCUT2D eigenvalue weighted by molar-refractivity contribution is 7.99. The smallest absolute Gasteiger partial charge is 0.233 e. The van der Waals surface area contributed by atoms with E-state index in [1.54, 1.807) is 12.0 Å². The Morgan fingerprint density at radius 2 is 2.12 bits per heavy atom. The van der Waals surface area contributed by atoms with Gasteiger partial charge >= 0.3 is 0 Å². The average Bonchev–Trinajstić information content (AvgIpc) is 2.86. The van der Waals surface area contributed by atoms with Gasteiger partial charge in [0.1, 0.15) is 11.6 Å². The lowest BCUT2D eigenvalue weighted by Crippen LogP contribution is -2.28. The van der Waals surface area contributed by atoms with Gasteiger partial charge in [-0.2, -0.15) is 0 Å². The van der Waals surface area contributed by atoms with Crippen LogP contribution in [0.3, 0.4) is 0 Å². The summed E-state index contributed by atoms with van der Waals surface area (Å²) in [7, 11) is 3.47. The summed E-state index contributed by atoms with van der Waals surface area (Å²) in [4.78, 5) is 14.2. The number of nitrogens with zero attached hydrogens (tertiary/aromatic N) is 4. The number of rotatable bonds is 6. The second-order valence-corrected chi connectivity index (χ2v) is 7.15. The molecule has 1 aromatic heterocycles. The van der Waals surface area contributed by atoms with Crippen molar-refractivity contribution in [3.05, 3.63) is 35.7 Å². The molecule has 3 rings (SSSR count). The molecule has 134 valence electrons.